The van der Waals surface area contributed by atoms with Crippen molar-refractivity contribution < 1.29 is 0 Å². The summed E-state index contributed by atoms with van der Waals surface area (Å²) in [5, 5.41) is 5.66. The highest BCUT2D eigenvalue weighted by molar-refractivity contribution is 8.22. The number of aryl methyl sites for hydroxylation is 2. The predicted octanol–water partition coefficient (Wildman–Crippen LogP) is 3.64. The molecule has 0 unspecified atom stereocenters. The zero-order chi connectivity index (χ0) is 12.7. The molecule has 94 valence electrons. The van der Waals surface area contributed by atoms with Crippen molar-refractivity contribution in [1.29, 1.82) is 0 Å². The molecule has 0 bridgehead atoms. The van der Waals surface area contributed by atoms with Crippen molar-refractivity contribution >= 4 is 10.9 Å². The highest BCUT2D eigenvalue weighted by atomic mass is 32.2. The number of hydrogen-bond acceptors (Lipinski definition) is 2. The van der Waals surface area contributed by atoms with Crippen LogP contribution in [0.1, 0.15) is 11.1 Å². The van der Waals surface area contributed by atoms with Crippen molar-refractivity contribution in [3.8, 4) is 11.4 Å². The van der Waals surface area contributed by atoms with Gasteiger partial charge in [-0.1, -0.05) is 24.3 Å². The lowest BCUT2D eigenvalue weighted by atomic mass is 9.93. The summed E-state index contributed by atoms with van der Waals surface area (Å²) in [6.45, 7) is 0. The molecule has 2 aliphatic rings. The molecule has 19 heavy (non-hydrogen) atoms. The van der Waals surface area contributed by atoms with E-state index in [1.165, 1.54) is 16.2 Å². The number of rotatable bonds is 1. The van der Waals surface area contributed by atoms with Crippen LogP contribution in [0.4, 0.5) is 0 Å². The molecule has 0 aromatic carbocycles. The van der Waals surface area contributed by atoms with Crippen LogP contribution in [0.2, 0.25) is 0 Å². The molecule has 0 saturated carbocycles. The number of thiol groups is 1. The summed E-state index contributed by atoms with van der Waals surface area (Å²) in [5.41, 5.74) is 4.82. The van der Waals surface area contributed by atoms with Gasteiger partial charge < -0.3 is 0 Å². The fourth-order valence-electron chi connectivity index (χ4n) is 2.64. The van der Waals surface area contributed by atoms with E-state index < -0.39 is 0 Å². The second-order valence-electron chi connectivity index (χ2n) is 4.78. The molecule has 3 heterocycles. The first kappa shape index (κ1) is 11.0. The van der Waals surface area contributed by atoms with Crippen LogP contribution in [0.3, 0.4) is 0 Å². The molecule has 0 fully saturated rings. The Morgan fingerprint density at radius 2 is 1.68 bits per heavy atom. The van der Waals surface area contributed by atoms with Gasteiger partial charge in [-0.3, -0.25) is 4.98 Å². The molecular formula is C16H14N2S. The summed E-state index contributed by atoms with van der Waals surface area (Å²) in [6.07, 6.45) is 8.23. The summed E-state index contributed by atoms with van der Waals surface area (Å²) in [6, 6.07) is 8.59. The summed E-state index contributed by atoms with van der Waals surface area (Å²) in [5.74, 6) is 0. The van der Waals surface area contributed by atoms with E-state index >= 15 is 0 Å². The van der Waals surface area contributed by atoms with E-state index in [1.54, 1.807) is 0 Å². The van der Waals surface area contributed by atoms with Crippen LogP contribution < -0.4 is 0 Å². The topological polar surface area (TPSA) is 25.8 Å². The Morgan fingerprint density at radius 3 is 2.53 bits per heavy atom. The third-order valence-corrected chi connectivity index (χ3v) is 5.38. The Morgan fingerprint density at radius 1 is 0.895 bits per heavy atom. The first-order valence-electron chi connectivity index (χ1n) is 6.49. The molecule has 4 rings (SSSR count). The zero-order valence-electron chi connectivity index (χ0n) is 10.5. The maximum atomic E-state index is 4.90. The largest absolute Gasteiger partial charge is 0.254 e. The van der Waals surface area contributed by atoms with Crippen molar-refractivity contribution in [2.45, 2.75) is 17.9 Å². The molecule has 0 atom stereocenters. The lowest BCUT2D eigenvalue weighted by Crippen LogP contribution is -2.07. The number of fused-ring (bicyclic) bond motifs is 3. The molecule has 3 heteroatoms. The van der Waals surface area contributed by atoms with Crippen LogP contribution in [-0.4, -0.2) is 9.97 Å². The van der Waals surface area contributed by atoms with Crippen molar-refractivity contribution in [1.82, 2.24) is 9.97 Å². The average Bonchev–Trinajstić information content (AvgIpc) is 3.01. The zero-order valence-corrected chi connectivity index (χ0v) is 11.3. The minimum Gasteiger partial charge on any atom is -0.254 e. The number of nitrogens with zero attached hydrogens (tertiary/aromatic N) is 2. The van der Waals surface area contributed by atoms with Crippen molar-refractivity contribution in [3.63, 3.8) is 0 Å². The Balaban J connectivity index is 1.87. The van der Waals surface area contributed by atoms with Gasteiger partial charge in [0.15, 0.2) is 0 Å². The highest BCUT2D eigenvalue weighted by Gasteiger charge is 2.19. The minimum atomic E-state index is -0.345. The van der Waals surface area contributed by atoms with Crippen LogP contribution in [0.5, 0.6) is 0 Å². The fraction of sp³-hybridized carbons (Fsp3) is 0.125. The van der Waals surface area contributed by atoms with Crippen molar-refractivity contribution in [3.05, 3.63) is 64.6 Å². The molecule has 2 aromatic rings. The van der Waals surface area contributed by atoms with Gasteiger partial charge in [-0.25, -0.2) is 4.98 Å². The van der Waals surface area contributed by atoms with E-state index in [0.717, 1.165) is 24.2 Å². The van der Waals surface area contributed by atoms with E-state index in [0.29, 0.717) is 0 Å². The molecule has 0 radical (unpaired) electrons. The first-order valence-corrected chi connectivity index (χ1v) is 7.97. The number of hydrogen-bond donors (Lipinski definition) is 1. The number of aromatic nitrogens is 2. The Hall–Kier alpha value is -1.87. The molecule has 2 nitrogen and oxygen atoms in total. The van der Waals surface area contributed by atoms with Gasteiger partial charge in [0.25, 0.3) is 0 Å². The van der Waals surface area contributed by atoms with Crippen LogP contribution >= 0.6 is 10.9 Å². The lowest BCUT2D eigenvalue weighted by Gasteiger charge is -2.19. The van der Waals surface area contributed by atoms with Crippen LogP contribution in [0, 0.1) is 0 Å². The molecule has 2 aromatic heterocycles. The average molecular weight is 266 g/mol. The third-order valence-electron chi connectivity index (χ3n) is 3.61. The molecule has 0 spiro atoms. The lowest BCUT2D eigenvalue weighted by molar-refractivity contribution is 0.899. The van der Waals surface area contributed by atoms with E-state index in [9.17, 15) is 0 Å². The Bertz CT molecular complexity index is 692. The van der Waals surface area contributed by atoms with Gasteiger partial charge in [-0.2, -0.15) is 10.9 Å². The molecule has 0 N–H and O–H groups in total. The second-order valence-corrected chi connectivity index (χ2v) is 6.65. The van der Waals surface area contributed by atoms with Gasteiger partial charge in [0, 0.05) is 6.20 Å². The molecule has 1 aliphatic carbocycles. The van der Waals surface area contributed by atoms with E-state index in [-0.39, 0.29) is 10.9 Å². The fourth-order valence-corrected chi connectivity index (χ4v) is 4.08. The van der Waals surface area contributed by atoms with Crippen molar-refractivity contribution in [2.24, 2.45) is 0 Å². The minimum absolute atomic E-state index is 0.345. The van der Waals surface area contributed by atoms with Crippen LogP contribution in [0.25, 0.3) is 11.4 Å². The van der Waals surface area contributed by atoms with Gasteiger partial charge in [-0.05, 0) is 46.9 Å². The summed E-state index contributed by atoms with van der Waals surface area (Å²) < 4.78 is 0. The molecular weight excluding hydrogens is 252 g/mol. The van der Waals surface area contributed by atoms with Gasteiger partial charge >= 0.3 is 0 Å². The number of allylic oxidation sites excluding steroid dienone is 2. The Kier molecular flexibility index (Phi) is 2.52. The van der Waals surface area contributed by atoms with E-state index in [4.69, 9.17) is 4.98 Å². The summed E-state index contributed by atoms with van der Waals surface area (Å²) in [7, 11) is -0.345. The van der Waals surface area contributed by atoms with Gasteiger partial charge in [0.2, 0.25) is 0 Å². The van der Waals surface area contributed by atoms with Crippen LogP contribution in [0.15, 0.2) is 58.5 Å². The maximum Gasteiger partial charge on any atom is 0.0934 e. The third kappa shape index (κ3) is 1.81. The normalized spacial score (nSPS) is 17.4. The highest BCUT2D eigenvalue weighted by Crippen LogP contribution is 2.42. The predicted molar refractivity (Wildman–Crippen MR) is 80.4 cm³/mol. The SMILES string of the molecule is C1=C[SH](c2ccc3c(n2)-c2ncccc2CC3)C=C1. The smallest absolute Gasteiger partial charge is 0.0934 e. The first-order chi connectivity index (χ1) is 9.42. The van der Waals surface area contributed by atoms with Gasteiger partial charge in [-0.15, -0.1) is 0 Å². The van der Waals surface area contributed by atoms with E-state index in [1.807, 2.05) is 12.3 Å². The van der Waals surface area contributed by atoms with Crippen molar-refractivity contribution in [2.75, 3.05) is 0 Å². The monoisotopic (exact) mass is 266 g/mol. The standard InChI is InChI=1S/C16H14N2S/c1-2-11-19(10-1)14-8-7-13-6-5-12-4-3-9-17-15(12)16(13)18-14/h1-4,7-11,19H,5-6H2. The van der Waals surface area contributed by atoms with Crippen LogP contribution in [-0.2, 0) is 12.8 Å². The van der Waals surface area contributed by atoms with E-state index in [2.05, 4.69) is 46.2 Å². The Labute approximate surface area is 115 Å². The maximum absolute atomic E-state index is 4.90. The molecule has 0 saturated heterocycles. The summed E-state index contributed by atoms with van der Waals surface area (Å²) in [4.78, 5) is 9.44. The summed E-state index contributed by atoms with van der Waals surface area (Å²) >= 11 is 0. The second kappa shape index (κ2) is 4.35. The van der Waals surface area contributed by atoms with Gasteiger partial charge in [0.1, 0.15) is 0 Å². The molecule has 1 aliphatic heterocycles. The number of pyridine rings is 2. The quantitative estimate of drug-likeness (QED) is 0.797. The van der Waals surface area contributed by atoms with Gasteiger partial charge in [0.05, 0.1) is 16.4 Å². The molecule has 0 amide bonds.